The zero-order valence-corrected chi connectivity index (χ0v) is 10.4. The molecular weight excluding hydrogens is 232 g/mol. The van der Waals surface area contributed by atoms with Gasteiger partial charge in [-0.1, -0.05) is 13.3 Å². The normalized spacial score (nSPS) is 22.9. The van der Waals surface area contributed by atoms with Gasteiger partial charge in [-0.2, -0.15) is 0 Å². The molecule has 1 aromatic carbocycles. The van der Waals surface area contributed by atoms with Gasteiger partial charge in [0.15, 0.2) is 0 Å². The minimum Gasteiger partial charge on any atom is -0.508 e. The van der Waals surface area contributed by atoms with Crippen molar-refractivity contribution in [3.8, 4) is 5.75 Å². The number of rotatable bonds is 4. The van der Waals surface area contributed by atoms with E-state index in [1.807, 2.05) is 0 Å². The van der Waals surface area contributed by atoms with E-state index in [0.717, 1.165) is 25.2 Å². The second-order valence-corrected chi connectivity index (χ2v) is 4.89. The second-order valence-electron chi connectivity index (χ2n) is 4.89. The van der Waals surface area contributed by atoms with E-state index in [4.69, 9.17) is 0 Å². The molecule has 5 heteroatoms. The molecule has 2 rings (SSSR count). The fourth-order valence-corrected chi connectivity index (χ4v) is 2.59. The van der Waals surface area contributed by atoms with Gasteiger partial charge < -0.3 is 10.4 Å². The lowest BCUT2D eigenvalue weighted by atomic mass is 10.1. The Hall–Kier alpha value is -1.78. The molecule has 2 unspecified atom stereocenters. The van der Waals surface area contributed by atoms with Crippen molar-refractivity contribution in [2.75, 3.05) is 5.32 Å². The van der Waals surface area contributed by atoms with E-state index < -0.39 is 4.92 Å². The number of aromatic hydroxyl groups is 1. The summed E-state index contributed by atoms with van der Waals surface area (Å²) in [6.07, 6.45) is 4.46. The van der Waals surface area contributed by atoms with Crippen LogP contribution in [0, 0.1) is 16.0 Å². The number of nitro groups is 1. The van der Waals surface area contributed by atoms with E-state index in [1.165, 1.54) is 18.6 Å². The van der Waals surface area contributed by atoms with Crippen molar-refractivity contribution < 1.29 is 10.0 Å². The number of nitrogens with one attached hydrogen (secondary N) is 1. The maximum absolute atomic E-state index is 10.9. The van der Waals surface area contributed by atoms with Crippen LogP contribution in [0.25, 0.3) is 0 Å². The first kappa shape index (κ1) is 12.7. The largest absolute Gasteiger partial charge is 0.508 e. The average Bonchev–Trinajstić information content (AvgIpc) is 2.79. The molecule has 1 fully saturated rings. The quantitative estimate of drug-likeness (QED) is 0.488. The molecule has 0 bridgehead atoms. The summed E-state index contributed by atoms with van der Waals surface area (Å²) in [5, 5.41) is 23.4. The molecule has 1 saturated carbocycles. The van der Waals surface area contributed by atoms with Gasteiger partial charge in [0.05, 0.1) is 11.0 Å². The molecule has 2 N–H and O–H groups in total. The molecule has 0 aromatic heterocycles. The third-order valence-electron chi connectivity index (χ3n) is 3.66. The van der Waals surface area contributed by atoms with Crippen LogP contribution in [0.4, 0.5) is 11.4 Å². The van der Waals surface area contributed by atoms with Crippen molar-refractivity contribution in [2.45, 2.75) is 38.6 Å². The lowest BCUT2D eigenvalue weighted by molar-refractivity contribution is -0.384. The topological polar surface area (TPSA) is 75.4 Å². The Labute approximate surface area is 106 Å². The average molecular weight is 250 g/mol. The summed E-state index contributed by atoms with van der Waals surface area (Å²) in [5.74, 6) is 0.642. The summed E-state index contributed by atoms with van der Waals surface area (Å²) in [6.45, 7) is 2.18. The highest BCUT2D eigenvalue weighted by atomic mass is 16.6. The van der Waals surface area contributed by atoms with Gasteiger partial charge in [-0.3, -0.25) is 10.1 Å². The Morgan fingerprint density at radius 1 is 1.50 bits per heavy atom. The summed E-state index contributed by atoms with van der Waals surface area (Å²) < 4.78 is 0. The number of hydrogen-bond donors (Lipinski definition) is 2. The van der Waals surface area contributed by atoms with Crippen molar-refractivity contribution in [1.29, 1.82) is 0 Å². The van der Waals surface area contributed by atoms with Crippen LogP contribution in [0.15, 0.2) is 18.2 Å². The lowest BCUT2D eigenvalue weighted by Gasteiger charge is -2.14. The van der Waals surface area contributed by atoms with E-state index in [1.54, 1.807) is 6.07 Å². The van der Waals surface area contributed by atoms with Crippen LogP contribution in [0.5, 0.6) is 5.75 Å². The van der Waals surface area contributed by atoms with Crippen LogP contribution >= 0.6 is 0 Å². The Bertz CT molecular complexity index is 448. The zero-order valence-electron chi connectivity index (χ0n) is 10.4. The van der Waals surface area contributed by atoms with E-state index in [0.29, 0.717) is 11.7 Å². The molecule has 5 nitrogen and oxygen atoms in total. The van der Waals surface area contributed by atoms with Gasteiger partial charge in [0, 0.05) is 6.04 Å². The molecule has 0 radical (unpaired) electrons. The van der Waals surface area contributed by atoms with Gasteiger partial charge in [0.25, 0.3) is 5.69 Å². The highest BCUT2D eigenvalue weighted by Gasteiger charge is 2.25. The van der Waals surface area contributed by atoms with Crippen molar-refractivity contribution in [3.63, 3.8) is 0 Å². The first-order valence-electron chi connectivity index (χ1n) is 6.34. The predicted octanol–water partition coefficient (Wildman–Crippen LogP) is 3.29. The Morgan fingerprint density at radius 2 is 2.28 bits per heavy atom. The third kappa shape index (κ3) is 2.72. The van der Waals surface area contributed by atoms with Crippen LogP contribution < -0.4 is 5.32 Å². The van der Waals surface area contributed by atoms with Gasteiger partial charge in [-0.15, -0.1) is 0 Å². The predicted molar refractivity (Wildman–Crippen MR) is 69.8 cm³/mol. The molecule has 98 valence electrons. The SMILES string of the molecule is CCC1CCC(Nc2ccc(O)cc2[N+](=O)[O-])C1. The summed E-state index contributed by atoms with van der Waals surface area (Å²) >= 11 is 0. The molecule has 1 aromatic rings. The molecule has 2 atom stereocenters. The molecule has 0 saturated heterocycles. The van der Waals surface area contributed by atoms with Crippen LogP contribution in [0.3, 0.4) is 0 Å². The summed E-state index contributed by atoms with van der Waals surface area (Å²) in [7, 11) is 0. The fraction of sp³-hybridized carbons (Fsp3) is 0.538. The van der Waals surface area contributed by atoms with Crippen LogP contribution in [0.1, 0.15) is 32.6 Å². The standard InChI is InChI=1S/C13H18N2O3/c1-2-9-3-4-10(7-9)14-12-6-5-11(16)8-13(12)15(17)18/h5-6,8-10,14,16H,2-4,7H2,1H3. The molecular formula is C13H18N2O3. The number of hydrogen-bond acceptors (Lipinski definition) is 4. The smallest absolute Gasteiger partial charge is 0.296 e. The summed E-state index contributed by atoms with van der Waals surface area (Å²) in [6, 6.07) is 4.54. The van der Waals surface area contributed by atoms with Gasteiger partial charge in [-0.05, 0) is 37.3 Å². The summed E-state index contributed by atoms with van der Waals surface area (Å²) in [4.78, 5) is 10.5. The van der Waals surface area contributed by atoms with Crippen molar-refractivity contribution in [2.24, 2.45) is 5.92 Å². The van der Waals surface area contributed by atoms with Crippen molar-refractivity contribution in [3.05, 3.63) is 28.3 Å². The number of nitro benzene ring substituents is 1. The van der Waals surface area contributed by atoms with Crippen LogP contribution in [-0.4, -0.2) is 16.1 Å². The third-order valence-corrected chi connectivity index (χ3v) is 3.66. The summed E-state index contributed by atoms with van der Waals surface area (Å²) in [5.41, 5.74) is 0.439. The van der Waals surface area contributed by atoms with Crippen LogP contribution in [-0.2, 0) is 0 Å². The number of anilines is 1. The van der Waals surface area contributed by atoms with Gasteiger partial charge >= 0.3 is 0 Å². The van der Waals surface area contributed by atoms with E-state index >= 15 is 0 Å². The van der Waals surface area contributed by atoms with Gasteiger partial charge in [0.2, 0.25) is 0 Å². The number of benzene rings is 1. The lowest BCUT2D eigenvalue weighted by Crippen LogP contribution is -2.16. The monoisotopic (exact) mass is 250 g/mol. The van der Waals surface area contributed by atoms with Crippen molar-refractivity contribution in [1.82, 2.24) is 0 Å². The second kappa shape index (κ2) is 5.25. The number of nitrogens with zero attached hydrogens (tertiary/aromatic N) is 1. The molecule has 0 spiro atoms. The maximum atomic E-state index is 10.9. The molecule has 0 amide bonds. The van der Waals surface area contributed by atoms with E-state index in [-0.39, 0.29) is 11.4 Å². The van der Waals surface area contributed by atoms with E-state index in [9.17, 15) is 15.2 Å². The minimum atomic E-state index is -0.464. The first-order chi connectivity index (χ1) is 8.60. The first-order valence-corrected chi connectivity index (χ1v) is 6.34. The molecule has 18 heavy (non-hydrogen) atoms. The van der Waals surface area contributed by atoms with E-state index in [2.05, 4.69) is 12.2 Å². The molecule has 0 heterocycles. The molecule has 1 aliphatic rings. The highest BCUT2D eigenvalue weighted by Crippen LogP contribution is 2.34. The van der Waals surface area contributed by atoms with Gasteiger partial charge in [0.1, 0.15) is 11.4 Å². The van der Waals surface area contributed by atoms with Crippen LogP contribution in [0.2, 0.25) is 0 Å². The van der Waals surface area contributed by atoms with Gasteiger partial charge in [-0.25, -0.2) is 0 Å². The zero-order chi connectivity index (χ0) is 13.1. The minimum absolute atomic E-state index is 0.0602. The molecule has 1 aliphatic carbocycles. The van der Waals surface area contributed by atoms with Crippen molar-refractivity contribution >= 4 is 11.4 Å². The maximum Gasteiger partial charge on any atom is 0.296 e. The number of phenols is 1. The molecule has 0 aliphatic heterocycles. The fourth-order valence-electron chi connectivity index (χ4n) is 2.59. The Morgan fingerprint density at radius 3 is 2.89 bits per heavy atom. The highest BCUT2D eigenvalue weighted by molar-refractivity contribution is 5.64. The Kier molecular flexibility index (Phi) is 3.69. The Balaban J connectivity index is 2.12. The number of phenolic OH excluding ortho intramolecular Hbond substituents is 1.